The molecule has 0 aliphatic carbocycles. The molecule has 12 nitrogen and oxygen atoms in total. The SMILES string of the molecule is CCC(C)C(CC(=O)C(Cc1ccc(OC(=O)CN2CCCCC2)cc1)NC(=O)NC(CC(C)C)C(=O)O)C(=O)NCC(C)=O. The monoisotopic (exact) mass is 630 g/mol. The Morgan fingerprint density at radius 1 is 0.933 bits per heavy atom. The van der Waals surface area contributed by atoms with Gasteiger partial charge >= 0.3 is 18.0 Å². The van der Waals surface area contributed by atoms with E-state index in [1.54, 1.807) is 24.3 Å². The first-order valence-electron chi connectivity index (χ1n) is 15.9. The number of likely N-dealkylation sites (tertiary alicyclic amines) is 1. The minimum Gasteiger partial charge on any atom is -0.480 e. The Labute approximate surface area is 266 Å². The number of hydrogen-bond acceptors (Lipinski definition) is 8. The number of Topliss-reactive ketones (excluding diaryl/α,β-unsaturated/α-hetero) is 2. The number of aliphatic carboxylic acids is 1. The summed E-state index contributed by atoms with van der Waals surface area (Å²) in [5.74, 6) is -3.16. The van der Waals surface area contributed by atoms with Gasteiger partial charge in [-0.05, 0) is 75.2 Å². The Kier molecular flexibility index (Phi) is 15.7. The van der Waals surface area contributed by atoms with Gasteiger partial charge in [-0.25, -0.2) is 9.59 Å². The van der Waals surface area contributed by atoms with Crippen LogP contribution in [0.4, 0.5) is 4.79 Å². The lowest BCUT2D eigenvalue weighted by molar-refractivity contribution is -0.139. The molecule has 0 radical (unpaired) electrons. The Morgan fingerprint density at radius 3 is 2.11 bits per heavy atom. The smallest absolute Gasteiger partial charge is 0.326 e. The van der Waals surface area contributed by atoms with Gasteiger partial charge in [-0.1, -0.05) is 52.7 Å². The van der Waals surface area contributed by atoms with Crippen LogP contribution >= 0.6 is 0 Å². The molecule has 250 valence electrons. The fourth-order valence-electron chi connectivity index (χ4n) is 5.23. The molecule has 1 saturated heterocycles. The third-order valence-electron chi connectivity index (χ3n) is 8.00. The summed E-state index contributed by atoms with van der Waals surface area (Å²) >= 11 is 0. The molecule has 4 atom stereocenters. The number of esters is 1. The fraction of sp³-hybridized carbons (Fsp3) is 0.636. The van der Waals surface area contributed by atoms with Gasteiger partial charge < -0.3 is 25.8 Å². The summed E-state index contributed by atoms with van der Waals surface area (Å²) in [6.45, 7) is 10.6. The predicted octanol–water partition coefficient (Wildman–Crippen LogP) is 3.11. The Bertz CT molecular complexity index is 1160. The van der Waals surface area contributed by atoms with E-state index in [2.05, 4.69) is 20.9 Å². The van der Waals surface area contributed by atoms with E-state index in [1.165, 1.54) is 6.92 Å². The number of nitrogens with one attached hydrogen (secondary N) is 3. The lowest BCUT2D eigenvalue weighted by Crippen LogP contribution is -2.52. The number of carbonyl (C=O) groups is 6. The van der Waals surface area contributed by atoms with Crippen molar-refractivity contribution in [2.45, 2.75) is 91.6 Å². The highest BCUT2D eigenvalue weighted by Gasteiger charge is 2.32. The topological polar surface area (TPSA) is 171 Å². The van der Waals surface area contributed by atoms with Crippen LogP contribution < -0.4 is 20.7 Å². The normalized spacial score (nSPS) is 16.1. The second-order valence-corrected chi connectivity index (χ2v) is 12.4. The highest BCUT2D eigenvalue weighted by molar-refractivity contribution is 5.94. The number of ether oxygens (including phenoxy) is 1. The summed E-state index contributed by atoms with van der Waals surface area (Å²) in [4.78, 5) is 77.2. The van der Waals surface area contributed by atoms with Crippen molar-refractivity contribution >= 4 is 35.4 Å². The Hall–Kier alpha value is -3.80. The van der Waals surface area contributed by atoms with Gasteiger partial charge in [0.05, 0.1) is 19.1 Å². The van der Waals surface area contributed by atoms with Crippen molar-refractivity contribution in [3.8, 4) is 5.75 Å². The van der Waals surface area contributed by atoms with E-state index in [-0.39, 0.29) is 55.9 Å². The van der Waals surface area contributed by atoms with Crippen molar-refractivity contribution in [1.82, 2.24) is 20.9 Å². The standard InChI is InChI=1S/C33H50N4O8/c1-6-22(4)26(31(41)34-19-23(5)38)18-29(39)27(35-33(44)36-28(32(42)43)16-21(2)3)17-24-10-12-25(13-11-24)45-30(40)20-37-14-8-7-9-15-37/h10-13,21-22,26-28H,6-9,14-20H2,1-5H3,(H,34,41)(H,42,43)(H2,35,36,44). The fourth-order valence-corrected chi connectivity index (χ4v) is 5.23. The summed E-state index contributed by atoms with van der Waals surface area (Å²) < 4.78 is 5.49. The van der Waals surface area contributed by atoms with Crippen LogP contribution in [-0.2, 0) is 30.4 Å². The number of urea groups is 1. The summed E-state index contributed by atoms with van der Waals surface area (Å²) in [5, 5.41) is 17.2. The van der Waals surface area contributed by atoms with Crippen molar-refractivity contribution in [2.75, 3.05) is 26.2 Å². The number of piperidine rings is 1. The average Bonchev–Trinajstić information content (AvgIpc) is 2.98. The molecule has 2 rings (SSSR count). The van der Waals surface area contributed by atoms with Gasteiger partial charge in [-0.3, -0.25) is 24.1 Å². The summed E-state index contributed by atoms with van der Waals surface area (Å²) in [5.41, 5.74) is 0.655. The maximum atomic E-state index is 13.7. The van der Waals surface area contributed by atoms with E-state index < -0.39 is 41.7 Å². The minimum atomic E-state index is -1.19. The van der Waals surface area contributed by atoms with Crippen LogP contribution in [0, 0.1) is 17.8 Å². The summed E-state index contributed by atoms with van der Waals surface area (Å²) in [7, 11) is 0. The maximum absolute atomic E-state index is 13.7. The number of benzene rings is 1. The lowest BCUT2D eigenvalue weighted by atomic mass is 9.84. The van der Waals surface area contributed by atoms with Crippen LogP contribution in [0.5, 0.6) is 5.75 Å². The van der Waals surface area contributed by atoms with E-state index in [0.717, 1.165) is 32.4 Å². The Balaban J connectivity index is 2.20. The number of rotatable bonds is 18. The van der Waals surface area contributed by atoms with E-state index >= 15 is 0 Å². The summed E-state index contributed by atoms with van der Waals surface area (Å²) in [6, 6.07) is 3.56. The maximum Gasteiger partial charge on any atom is 0.326 e. The number of nitrogens with zero attached hydrogens (tertiary/aromatic N) is 1. The van der Waals surface area contributed by atoms with Crippen LogP contribution in [0.2, 0.25) is 0 Å². The van der Waals surface area contributed by atoms with Crippen molar-refractivity contribution in [2.24, 2.45) is 17.8 Å². The largest absolute Gasteiger partial charge is 0.480 e. The van der Waals surface area contributed by atoms with Gasteiger partial charge in [-0.15, -0.1) is 0 Å². The molecule has 4 N–H and O–H groups in total. The molecule has 1 aliphatic rings. The van der Waals surface area contributed by atoms with Gasteiger partial charge in [0.1, 0.15) is 17.6 Å². The second kappa shape index (κ2) is 18.9. The average molecular weight is 631 g/mol. The molecule has 1 aromatic rings. The highest BCUT2D eigenvalue weighted by Crippen LogP contribution is 2.22. The van der Waals surface area contributed by atoms with Gasteiger partial charge in [0.15, 0.2) is 5.78 Å². The summed E-state index contributed by atoms with van der Waals surface area (Å²) in [6.07, 6.45) is 3.95. The number of carboxylic acids is 1. The van der Waals surface area contributed by atoms with Crippen LogP contribution in [0.15, 0.2) is 24.3 Å². The molecule has 1 aliphatic heterocycles. The zero-order chi connectivity index (χ0) is 33.5. The molecule has 1 heterocycles. The molecule has 45 heavy (non-hydrogen) atoms. The zero-order valence-corrected chi connectivity index (χ0v) is 27.2. The van der Waals surface area contributed by atoms with Crippen LogP contribution in [-0.4, -0.2) is 83.7 Å². The first kappa shape index (κ1) is 37.4. The van der Waals surface area contributed by atoms with Gasteiger partial charge in [-0.2, -0.15) is 0 Å². The van der Waals surface area contributed by atoms with Crippen molar-refractivity contribution in [3.05, 3.63) is 29.8 Å². The molecule has 4 unspecified atom stereocenters. The van der Waals surface area contributed by atoms with Crippen molar-refractivity contribution in [3.63, 3.8) is 0 Å². The molecule has 3 amide bonds. The van der Waals surface area contributed by atoms with Crippen molar-refractivity contribution < 1.29 is 38.6 Å². The van der Waals surface area contributed by atoms with E-state index in [4.69, 9.17) is 4.74 Å². The number of hydrogen-bond donors (Lipinski definition) is 4. The molecule has 1 aromatic carbocycles. The number of ketones is 2. The first-order valence-corrected chi connectivity index (χ1v) is 15.9. The molecule has 0 saturated carbocycles. The molecule has 1 fully saturated rings. The van der Waals surface area contributed by atoms with Crippen LogP contribution in [0.1, 0.15) is 78.7 Å². The zero-order valence-electron chi connectivity index (χ0n) is 27.2. The van der Waals surface area contributed by atoms with Gasteiger partial charge in [0.25, 0.3) is 0 Å². The van der Waals surface area contributed by atoms with Crippen molar-refractivity contribution in [1.29, 1.82) is 0 Å². The van der Waals surface area contributed by atoms with E-state index in [1.807, 2.05) is 27.7 Å². The van der Waals surface area contributed by atoms with Gasteiger partial charge in [0, 0.05) is 12.3 Å². The molecule has 0 spiro atoms. The van der Waals surface area contributed by atoms with E-state index in [9.17, 15) is 33.9 Å². The predicted molar refractivity (Wildman–Crippen MR) is 169 cm³/mol. The van der Waals surface area contributed by atoms with Gasteiger partial charge in [0.2, 0.25) is 5.91 Å². The molecular formula is C33H50N4O8. The molecule has 0 bridgehead atoms. The molecular weight excluding hydrogens is 580 g/mol. The van der Waals surface area contributed by atoms with Crippen LogP contribution in [0.3, 0.4) is 0 Å². The quantitative estimate of drug-likeness (QED) is 0.141. The minimum absolute atomic E-state index is 0.00102. The van der Waals surface area contributed by atoms with Crippen LogP contribution in [0.25, 0.3) is 0 Å². The lowest BCUT2D eigenvalue weighted by Gasteiger charge is -2.25. The van der Waals surface area contributed by atoms with E-state index in [0.29, 0.717) is 17.7 Å². The highest BCUT2D eigenvalue weighted by atomic mass is 16.5. The molecule has 0 aromatic heterocycles. The number of carboxylic acid groups (broad SMARTS) is 1. The Morgan fingerprint density at radius 2 is 1.56 bits per heavy atom. The third-order valence-corrected chi connectivity index (χ3v) is 8.00. The number of amides is 3. The first-order chi connectivity index (χ1) is 21.3. The third kappa shape index (κ3) is 13.8. The number of carbonyl (C=O) groups excluding carboxylic acids is 5. The second-order valence-electron chi connectivity index (χ2n) is 12.4. The molecule has 12 heteroatoms.